The van der Waals surface area contributed by atoms with Crippen LogP contribution in [0.2, 0.25) is 0 Å². The van der Waals surface area contributed by atoms with E-state index in [0.29, 0.717) is 52.2 Å². The molecule has 7 nitrogen and oxygen atoms in total. The molecular weight excluding hydrogens is 296 g/mol. The molecule has 0 saturated carbocycles. The van der Waals surface area contributed by atoms with E-state index in [1.165, 1.54) is 0 Å². The SMILES string of the molecule is COCCN(CCOC)C(=O)C1(S(C)(=O)=O)CCNCC1. The number of sulfone groups is 1. The largest absolute Gasteiger partial charge is 0.383 e. The van der Waals surface area contributed by atoms with Crippen LogP contribution in [-0.2, 0) is 24.1 Å². The Hall–Kier alpha value is -0.700. The van der Waals surface area contributed by atoms with Crippen molar-refractivity contribution in [2.75, 3.05) is 59.9 Å². The normalized spacial score (nSPS) is 18.4. The van der Waals surface area contributed by atoms with Gasteiger partial charge in [-0.15, -0.1) is 0 Å². The molecule has 1 saturated heterocycles. The first-order valence-electron chi connectivity index (χ1n) is 7.06. The predicted octanol–water partition coefficient (Wildman–Crippen LogP) is -0.725. The lowest BCUT2D eigenvalue weighted by Gasteiger charge is -2.38. The summed E-state index contributed by atoms with van der Waals surface area (Å²) in [5.41, 5.74) is 0. The number of rotatable bonds is 8. The summed E-state index contributed by atoms with van der Waals surface area (Å²) in [5.74, 6) is -0.333. The number of ether oxygens (including phenoxy) is 2. The highest BCUT2D eigenvalue weighted by molar-refractivity contribution is 7.92. The second-order valence-electron chi connectivity index (χ2n) is 5.29. The van der Waals surface area contributed by atoms with Crippen molar-refractivity contribution in [3.05, 3.63) is 0 Å². The van der Waals surface area contributed by atoms with E-state index in [0.717, 1.165) is 6.26 Å². The van der Waals surface area contributed by atoms with Crippen LogP contribution in [0.1, 0.15) is 12.8 Å². The van der Waals surface area contributed by atoms with Gasteiger partial charge < -0.3 is 19.7 Å². The molecule has 0 unspecified atom stereocenters. The molecule has 0 aliphatic carbocycles. The molecule has 21 heavy (non-hydrogen) atoms. The van der Waals surface area contributed by atoms with Crippen LogP contribution in [-0.4, -0.2) is 83.8 Å². The molecular formula is C13H26N2O5S. The first kappa shape index (κ1) is 18.3. The van der Waals surface area contributed by atoms with Crippen LogP contribution in [0.4, 0.5) is 0 Å². The van der Waals surface area contributed by atoms with E-state index in [9.17, 15) is 13.2 Å². The van der Waals surface area contributed by atoms with E-state index < -0.39 is 14.6 Å². The van der Waals surface area contributed by atoms with E-state index in [2.05, 4.69) is 5.32 Å². The molecule has 0 atom stereocenters. The molecule has 124 valence electrons. The number of nitrogens with one attached hydrogen (secondary N) is 1. The van der Waals surface area contributed by atoms with Gasteiger partial charge in [0, 0.05) is 33.6 Å². The van der Waals surface area contributed by atoms with Crippen molar-refractivity contribution in [1.82, 2.24) is 10.2 Å². The maximum absolute atomic E-state index is 12.9. The molecule has 1 fully saturated rings. The number of amides is 1. The van der Waals surface area contributed by atoms with E-state index in [1.807, 2.05) is 0 Å². The highest BCUT2D eigenvalue weighted by Gasteiger charge is 2.50. The van der Waals surface area contributed by atoms with Crippen LogP contribution < -0.4 is 5.32 Å². The van der Waals surface area contributed by atoms with Gasteiger partial charge in [0.15, 0.2) is 14.6 Å². The number of piperidine rings is 1. The Labute approximate surface area is 126 Å². The molecule has 0 aromatic heterocycles. The summed E-state index contributed by atoms with van der Waals surface area (Å²) in [5, 5.41) is 3.11. The third kappa shape index (κ3) is 4.38. The molecule has 1 aliphatic heterocycles. The number of nitrogens with zero attached hydrogens (tertiary/aromatic N) is 1. The number of hydrogen-bond donors (Lipinski definition) is 1. The summed E-state index contributed by atoms with van der Waals surface area (Å²) >= 11 is 0. The summed E-state index contributed by atoms with van der Waals surface area (Å²) < 4.78 is 33.2. The van der Waals surface area contributed by atoms with Gasteiger partial charge in [-0.25, -0.2) is 8.42 Å². The van der Waals surface area contributed by atoms with Gasteiger partial charge in [-0.2, -0.15) is 0 Å². The van der Waals surface area contributed by atoms with Gasteiger partial charge in [0.2, 0.25) is 5.91 Å². The quantitative estimate of drug-likeness (QED) is 0.634. The second kappa shape index (κ2) is 8.07. The van der Waals surface area contributed by atoms with Crippen LogP contribution in [0.5, 0.6) is 0 Å². The van der Waals surface area contributed by atoms with Crippen LogP contribution >= 0.6 is 0 Å². The molecule has 1 heterocycles. The maximum atomic E-state index is 12.9. The number of carbonyl (C=O) groups excluding carboxylic acids is 1. The van der Waals surface area contributed by atoms with Crippen molar-refractivity contribution in [3.8, 4) is 0 Å². The monoisotopic (exact) mass is 322 g/mol. The van der Waals surface area contributed by atoms with Crippen LogP contribution in [0.3, 0.4) is 0 Å². The van der Waals surface area contributed by atoms with Gasteiger partial charge in [0.1, 0.15) is 0 Å². The fourth-order valence-electron chi connectivity index (χ4n) is 2.58. The van der Waals surface area contributed by atoms with Crippen molar-refractivity contribution >= 4 is 15.7 Å². The van der Waals surface area contributed by atoms with Crippen molar-refractivity contribution in [2.45, 2.75) is 17.6 Å². The van der Waals surface area contributed by atoms with Crippen molar-refractivity contribution < 1.29 is 22.7 Å². The third-order valence-electron chi connectivity index (χ3n) is 3.93. The molecule has 1 N–H and O–H groups in total. The smallest absolute Gasteiger partial charge is 0.244 e. The molecule has 0 spiro atoms. The number of hydrogen-bond acceptors (Lipinski definition) is 6. The summed E-state index contributed by atoms with van der Waals surface area (Å²) in [7, 11) is -0.392. The lowest BCUT2D eigenvalue weighted by atomic mass is 9.95. The molecule has 0 aromatic carbocycles. The van der Waals surface area contributed by atoms with E-state index in [-0.39, 0.29) is 5.91 Å². The first-order valence-corrected chi connectivity index (χ1v) is 8.96. The average molecular weight is 322 g/mol. The van der Waals surface area contributed by atoms with Crippen molar-refractivity contribution in [2.24, 2.45) is 0 Å². The summed E-state index contributed by atoms with van der Waals surface area (Å²) in [4.78, 5) is 14.4. The summed E-state index contributed by atoms with van der Waals surface area (Å²) in [6.45, 7) is 2.52. The van der Waals surface area contributed by atoms with Crippen molar-refractivity contribution in [3.63, 3.8) is 0 Å². The standard InChI is InChI=1S/C13H26N2O5S/c1-19-10-8-15(9-11-20-2)12(16)13(21(3,17)18)4-6-14-7-5-13/h14H,4-11H2,1-3H3. The summed E-state index contributed by atoms with van der Waals surface area (Å²) in [6.07, 6.45) is 1.77. The zero-order chi connectivity index (χ0) is 15.9. The topological polar surface area (TPSA) is 84.9 Å². The fourth-order valence-corrected chi connectivity index (χ4v) is 3.97. The summed E-state index contributed by atoms with van der Waals surface area (Å²) in [6, 6.07) is 0. The Morgan fingerprint density at radius 2 is 1.62 bits per heavy atom. The Morgan fingerprint density at radius 3 is 2.00 bits per heavy atom. The highest BCUT2D eigenvalue weighted by atomic mass is 32.2. The Kier molecular flexibility index (Phi) is 7.05. The highest BCUT2D eigenvalue weighted by Crippen LogP contribution is 2.30. The van der Waals surface area contributed by atoms with Crippen molar-refractivity contribution in [1.29, 1.82) is 0 Å². The second-order valence-corrected chi connectivity index (χ2v) is 7.62. The van der Waals surface area contributed by atoms with Gasteiger partial charge >= 0.3 is 0 Å². The van der Waals surface area contributed by atoms with Gasteiger partial charge in [-0.3, -0.25) is 4.79 Å². The van der Waals surface area contributed by atoms with Crippen LogP contribution in [0.15, 0.2) is 0 Å². The molecule has 1 rings (SSSR count). The lowest BCUT2D eigenvalue weighted by molar-refractivity contribution is -0.136. The number of methoxy groups -OCH3 is 2. The Morgan fingerprint density at radius 1 is 1.14 bits per heavy atom. The van der Waals surface area contributed by atoms with Gasteiger partial charge in [0.25, 0.3) is 0 Å². The lowest BCUT2D eigenvalue weighted by Crippen LogP contribution is -2.59. The molecule has 0 radical (unpaired) electrons. The van der Waals surface area contributed by atoms with Crippen LogP contribution in [0, 0.1) is 0 Å². The minimum atomic E-state index is -3.49. The predicted molar refractivity (Wildman–Crippen MR) is 80.0 cm³/mol. The van der Waals surface area contributed by atoms with Gasteiger partial charge in [-0.05, 0) is 25.9 Å². The zero-order valence-corrected chi connectivity index (χ0v) is 13.9. The Bertz CT molecular complexity index is 424. The third-order valence-corrected chi connectivity index (χ3v) is 5.93. The minimum absolute atomic E-state index is 0.307. The maximum Gasteiger partial charge on any atom is 0.244 e. The molecule has 8 heteroatoms. The fraction of sp³-hybridized carbons (Fsp3) is 0.923. The van der Waals surface area contributed by atoms with E-state index in [1.54, 1.807) is 19.1 Å². The van der Waals surface area contributed by atoms with Gasteiger partial charge in [-0.1, -0.05) is 0 Å². The minimum Gasteiger partial charge on any atom is -0.383 e. The molecule has 1 aliphatic rings. The van der Waals surface area contributed by atoms with E-state index >= 15 is 0 Å². The van der Waals surface area contributed by atoms with E-state index in [4.69, 9.17) is 9.47 Å². The molecule has 1 amide bonds. The Balaban J connectivity index is 3.00. The zero-order valence-electron chi connectivity index (χ0n) is 13.1. The first-order chi connectivity index (χ1) is 9.89. The average Bonchev–Trinajstić information content (AvgIpc) is 2.46. The van der Waals surface area contributed by atoms with Crippen LogP contribution in [0.25, 0.3) is 0 Å². The molecule has 0 aromatic rings. The van der Waals surface area contributed by atoms with Gasteiger partial charge in [0.05, 0.1) is 13.2 Å². The number of carbonyl (C=O) groups is 1. The molecule has 0 bridgehead atoms.